The highest BCUT2D eigenvalue weighted by atomic mass is 35.5. The Bertz CT molecular complexity index is 880. The van der Waals surface area contributed by atoms with Crippen LogP contribution in [-0.2, 0) is 25.9 Å². The van der Waals surface area contributed by atoms with Gasteiger partial charge in [0.05, 0.1) is 29.7 Å². The predicted molar refractivity (Wildman–Crippen MR) is 96.6 cm³/mol. The third-order valence-corrected chi connectivity index (χ3v) is 5.38. The van der Waals surface area contributed by atoms with Crippen LogP contribution in [0.15, 0.2) is 30.6 Å². The lowest BCUT2D eigenvalue weighted by molar-refractivity contribution is 0.134. The van der Waals surface area contributed by atoms with Crippen molar-refractivity contribution in [3.05, 3.63) is 52.7 Å². The lowest BCUT2D eigenvalue weighted by atomic mass is 9.95. The number of para-hydroxylation sites is 1. The van der Waals surface area contributed by atoms with Gasteiger partial charge in [-0.25, -0.2) is 4.98 Å². The Labute approximate surface area is 146 Å². The van der Waals surface area contributed by atoms with Crippen LogP contribution in [0.4, 0.5) is 0 Å². The van der Waals surface area contributed by atoms with Crippen molar-refractivity contribution >= 4 is 22.5 Å². The van der Waals surface area contributed by atoms with Gasteiger partial charge in [0.15, 0.2) is 0 Å². The quantitative estimate of drug-likeness (QED) is 0.784. The van der Waals surface area contributed by atoms with Crippen molar-refractivity contribution in [1.29, 1.82) is 0 Å². The zero-order valence-electron chi connectivity index (χ0n) is 13.9. The zero-order valence-corrected chi connectivity index (χ0v) is 14.6. The lowest BCUT2D eigenvalue weighted by Crippen LogP contribution is -2.24. The van der Waals surface area contributed by atoms with E-state index in [1.807, 2.05) is 29.8 Å². The monoisotopic (exact) mass is 343 g/mol. The number of hydrogen-bond donors (Lipinski definition) is 1. The summed E-state index contributed by atoms with van der Waals surface area (Å²) < 4.78 is 4.24. The van der Waals surface area contributed by atoms with Crippen LogP contribution >= 0.6 is 11.6 Å². The summed E-state index contributed by atoms with van der Waals surface area (Å²) in [5, 5.41) is 12.7. The first-order valence-corrected chi connectivity index (χ1v) is 8.97. The smallest absolute Gasteiger partial charge is 0.105 e. The molecule has 1 aliphatic rings. The Morgan fingerprint density at radius 1 is 1.25 bits per heavy atom. The molecule has 0 aliphatic heterocycles. The van der Waals surface area contributed by atoms with Crippen molar-refractivity contribution in [3.63, 3.8) is 0 Å². The molecule has 5 heteroatoms. The van der Waals surface area contributed by atoms with Crippen LogP contribution < -0.4 is 0 Å². The maximum atomic E-state index is 10.7. The molecule has 0 saturated carbocycles. The fourth-order valence-corrected chi connectivity index (χ4v) is 4.22. The molecule has 0 spiro atoms. The number of benzene rings is 1. The number of aryl methyl sites for hydroxylation is 2. The van der Waals surface area contributed by atoms with Crippen LogP contribution in [0, 0.1) is 6.92 Å². The number of aliphatic hydroxyl groups is 1. The summed E-state index contributed by atoms with van der Waals surface area (Å²) >= 11 is 6.52. The first kappa shape index (κ1) is 15.7. The topological polar surface area (TPSA) is 43.0 Å². The molecule has 4 nitrogen and oxygen atoms in total. The van der Waals surface area contributed by atoms with Gasteiger partial charge in [-0.1, -0.05) is 23.7 Å². The summed E-state index contributed by atoms with van der Waals surface area (Å²) in [6.07, 6.45) is 7.82. The molecule has 4 rings (SSSR count). The van der Waals surface area contributed by atoms with Crippen molar-refractivity contribution in [2.24, 2.45) is 0 Å². The second-order valence-corrected chi connectivity index (χ2v) is 7.07. The number of halogens is 1. The number of rotatable bonds is 4. The fourth-order valence-electron chi connectivity index (χ4n) is 3.94. The molecule has 0 saturated heterocycles. The van der Waals surface area contributed by atoms with Gasteiger partial charge >= 0.3 is 0 Å². The van der Waals surface area contributed by atoms with Crippen molar-refractivity contribution in [3.8, 4) is 0 Å². The van der Waals surface area contributed by atoms with E-state index in [0.717, 1.165) is 29.2 Å². The normalized spacial score (nSPS) is 15.6. The highest BCUT2D eigenvalue weighted by Gasteiger charge is 2.22. The van der Waals surface area contributed by atoms with Gasteiger partial charge in [-0.05, 0) is 44.2 Å². The standard InChI is InChI=1S/C19H22ClN3O/c1-13-21-9-10-22(13)11-14(24)12-23-18-8-3-2-5-15(18)16-6-4-7-17(20)19(16)23/h4,6-7,9-10,14,24H,2-3,5,8,11-12H2,1H3/t14-/m1/s1. The first-order chi connectivity index (χ1) is 11.6. The van der Waals surface area contributed by atoms with Crippen LogP contribution in [0.25, 0.3) is 10.9 Å². The molecule has 0 bridgehead atoms. The average Bonchev–Trinajstić information content (AvgIpc) is 3.11. The van der Waals surface area contributed by atoms with E-state index in [4.69, 9.17) is 11.6 Å². The molecule has 0 amide bonds. The maximum Gasteiger partial charge on any atom is 0.105 e. The summed E-state index contributed by atoms with van der Waals surface area (Å²) in [6, 6.07) is 6.13. The van der Waals surface area contributed by atoms with Gasteiger partial charge < -0.3 is 14.2 Å². The number of imidazole rings is 1. The Hall–Kier alpha value is -1.78. The van der Waals surface area contributed by atoms with E-state index in [1.165, 1.54) is 29.5 Å². The SMILES string of the molecule is Cc1nccn1C[C@@H](O)Cn1c2c(c3cccc(Cl)c31)CCCC2. The zero-order chi connectivity index (χ0) is 16.7. The van der Waals surface area contributed by atoms with Gasteiger partial charge in [0.1, 0.15) is 5.82 Å². The molecule has 0 radical (unpaired) electrons. The van der Waals surface area contributed by atoms with E-state index in [9.17, 15) is 5.11 Å². The van der Waals surface area contributed by atoms with Gasteiger partial charge in [0.2, 0.25) is 0 Å². The highest BCUT2D eigenvalue weighted by molar-refractivity contribution is 6.35. The second kappa shape index (κ2) is 6.26. The van der Waals surface area contributed by atoms with Gasteiger partial charge in [-0.2, -0.15) is 0 Å². The third-order valence-electron chi connectivity index (χ3n) is 5.07. The first-order valence-electron chi connectivity index (χ1n) is 8.59. The van der Waals surface area contributed by atoms with Crippen LogP contribution in [-0.4, -0.2) is 25.3 Å². The third kappa shape index (κ3) is 2.64. The minimum absolute atomic E-state index is 0.476. The summed E-state index contributed by atoms with van der Waals surface area (Å²) in [4.78, 5) is 4.22. The van der Waals surface area contributed by atoms with Crippen LogP contribution in [0.5, 0.6) is 0 Å². The summed E-state index contributed by atoms with van der Waals surface area (Å²) in [6.45, 7) is 3.06. The van der Waals surface area contributed by atoms with E-state index in [-0.39, 0.29) is 0 Å². The maximum absolute atomic E-state index is 10.7. The minimum atomic E-state index is -0.476. The Kier molecular flexibility index (Phi) is 4.10. The second-order valence-electron chi connectivity index (χ2n) is 6.66. The lowest BCUT2D eigenvalue weighted by Gasteiger charge is -2.19. The van der Waals surface area contributed by atoms with Crippen LogP contribution in [0.1, 0.15) is 29.9 Å². The minimum Gasteiger partial charge on any atom is -0.389 e. The van der Waals surface area contributed by atoms with E-state index < -0.39 is 6.10 Å². The van der Waals surface area contributed by atoms with Crippen LogP contribution in [0.2, 0.25) is 5.02 Å². The van der Waals surface area contributed by atoms with E-state index in [2.05, 4.69) is 15.6 Å². The molecular weight excluding hydrogens is 322 g/mol. The van der Waals surface area contributed by atoms with Gasteiger partial charge in [0, 0.05) is 23.5 Å². The number of nitrogens with zero attached hydrogens (tertiary/aromatic N) is 3. The highest BCUT2D eigenvalue weighted by Crippen LogP contribution is 2.35. The van der Waals surface area contributed by atoms with E-state index in [0.29, 0.717) is 13.1 Å². The summed E-state index contributed by atoms with van der Waals surface area (Å²) in [5.74, 6) is 0.923. The number of aliphatic hydroxyl groups excluding tert-OH is 1. The molecule has 1 N–H and O–H groups in total. The predicted octanol–water partition coefficient (Wildman–Crippen LogP) is 3.74. The molecule has 24 heavy (non-hydrogen) atoms. The van der Waals surface area contributed by atoms with Crippen molar-refractivity contribution in [2.45, 2.75) is 51.8 Å². The van der Waals surface area contributed by atoms with Gasteiger partial charge in [-0.15, -0.1) is 0 Å². The number of hydrogen-bond acceptors (Lipinski definition) is 2. The van der Waals surface area contributed by atoms with Gasteiger partial charge in [-0.3, -0.25) is 0 Å². The molecular formula is C19H22ClN3O. The van der Waals surface area contributed by atoms with Crippen molar-refractivity contribution < 1.29 is 5.11 Å². The van der Waals surface area contributed by atoms with E-state index >= 15 is 0 Å². The van der Waals surface area contributed by atoms with Crippen molar-refractivity contribution in [1.82, 2.24) is 14.1 Å². The fraction of sp³-hybridized carbons (Fsp3) is 0.421. The largest absolute Gasteiger partial charge is 0.389 e. The summed E-state index contributed by atoms with van der Waals surface area (Å²) in [5.41, 5.74) is 3.85. The Morgan fingerprint density at radius 2 is 2.08 bits per heavy atom. The van der Waals surface area contributed by atoms with Crippen molar-refractivity contribution in [2.75, 3.05) is 0 Å². The molecule has 1 aliphatic carbocycles. The average molecular weight is 344 g/mol. The number of aromatic nitrogens is 3. The van der Waals surface area contributed by atoms with Gasteiger partial charge in [0.25, 0.3) is 0 Å². The Morgan fingerprint density at radius 3 is 2.88 bits per heavy atom. The molecule has 1 atom stereocenters. The molecule has 2 aromatic heterocycles. The molecule has 0 fully saturated rings. The van der Waals surface area contributed by atoms with E-state index in [1.54, 1.807) is 6.20 Å². The molecule has 1 aromatic carbocycles. The molecule has 0 unspecified atom stereocenters. The molecule has 3 aromatic rings. The summed E-state index contributed by atoms with van der Waals surface area (Å²) in [7, 11) is 0. The Balaban J connectivity index is 1.72. The number of fused-ring (bicyclic) bond motifs is 3. The molecule has 2 heterocycles. The van der Waals surface area contributed by atoms with Crippen LogP contribution in [0.3, 0.4) is 0 Å². The molecule has 126 valence electrons.